The Labute approximate surface area is 289 Å². The molecule has 7 heteroatoms. The summed E-state index contributed by atoms with van der Waals surface area (Å²) < 4.78 is 19.6. The van der Waals surface area contributed by atoms with Crippen molar-refractivity contribution in [1.82, 2.24) is 0 Å². The zero-order chi connectivity index (χ0) is 34.4. The average Bonchev–Trinajstić information content (AvgIpc) is 3.13. The Hall–Kier alpha value is -5.43. The Kier molecular flexibility index (Phi) is 12.6. The van der Waals surface area contributed by atoms with Crippen molar-refractivity contribution in [2.45, 2.75) is 52.0 Å². The van der Waals surface area contributed by atoms with Gasteiger partial charge in [0.25, 0.3) is 0 Å². The molecule has 0 saturated carbocycles. The van der Waals surface area contributed by atoms with Crippen LogP contribution in [0, 0.1) is 0 Å². The van der Waals surface area contributed by atoms with Crippen LogP contribution < -0.4 is 23.7 Å². The van der Waals surface area contributed by atoms with E-state index in [-0.39, 0.29) is 0 Å². The topological polar surface area (TPSA) is 69.0 Å². The van der Waals surface area contributed by atoms with Gasteiger partial charge in [-0.1, -0.05) is 81.5 Å². The lowest BCUT2D eigenvalue weighted by Crippen LogP contribution is -2.33. The molecule has 0 aliphatic carbocycles. The van der Waals surface area contributed by atoms with Crippen molar-refractivity contribution >= 4 is 17.6 Å². The number of nitrogens with zero attached hydrogens (tertiary/aromatic N) is 2. The summed E-state index contributed by atoms with van der Waals surface area (Å²) in [5, 5.41) is 0. The molecular weight excluding hydrogens is 612 g/mol. The third-order valence-corrected chi connectivity index (χ3v) is 8.25. The standard InChI is InChI=1S/C42H45N2O5/c1-4-5-6-7-8-12-29-47-37-21-19-35(20-22-37)41(45)48-38-23-24-40(39(30-38)33-13-10-9-11-14-33)49-42(46)34-17-15-32(16-18-34)31-44-27-25-36(26-28-44)43(2)3/h9-11,13-28,30H,4-8,12,29,31H2,1-3H3/q+1. The van der Waals surface area contributed by atoms with E-state index < -0.39 is 11.9 Å². The van der Waals surface area contributed by atoms with Crippen molar-refractivity contribution in [3.8, 4) is 28.4 Å². The smallest absolute Gasteiger partial charge is 0.343 e. The molecule has 0 amide bonds. The van der Waals surface area contributed by atoms with Crippen LogP contribution in [0.5, 0.6) is 17.2 Å². The van der Waals surface area contributed by atoms with E-state index in [0.29, 0.717) is 41.3 Å². The van der Waals surface area contributed by atoms with Crippen LogP contribution in [0.25, 0.3) is 11.1 Å². The van der Waals surface area contributed by atoms with Gasteiger partial charge in [0.15, 0.2) is 18.9 Å². The van der Waals surface area contributed by atoms with E-state index in [4.69, 9.17) is 14.2 Å². The minimum absolute atomic E-state index is 0.340. The first-order valence-corrected chi connectivity index (χ1v) is 17.0. The van der Waals surface area contributed by atoms with Gasteiger partial charge in [-0.05, 0) is 66.6 Å². The molecule has 0 fully saturated rings. The molecule has 252 valence electrons. The SMILES string of the molecule is CCCCCCCCOc1ccc(C(=O)Oc2ccc(OC(=O)c3ccc(C[n+]4ccc(N(C)C)cc4)cc3)c(-c3ccccc3)c2)cc1. The Morgan fingerprint density at radius 1 is 0.653 bits per heavy atom. The molecule has 0 aliphatic rings. The van der Waals surface area contributed by atoms with Gasteiger partial charge in [-0.3, -0.25) is 0 Å². The number of hydrogen-bond acceptors (Lipinski definition) is 6. The number of benzene rings is 4. The number of aromatic nitrogens is 1. The van der Waals surface area contributed by atoms with Crippen LogP contribution >= 0.6 is 0 Å². The molecule has 5 rings (SSSR count). The van der Waals surface area contributed by atoms with Crippen molar-refractivity contribution in [1.29, 1.82) is 0 Å². The molecule has 0 aliphatic heterocycles. The lowest BCUT2D eigenvalue weighted by Gasteiger charge is -2.13. The Morgan fingerprint density at radius 3 is 1.94 bits per heavy atom. The number of pyridine rings is 1. The second kappa shape index (κ2) is 17.6. The Balaban J connectivity index is 1.21. The summed E-state index contributed by atoms with van der Waals surface area (Å²) in [6.07, 6.45) is 11.3. The number of unbranched alkanes of at least 4 members (excludes halogenated alkanes) is 5. The summed E-state index contributed by atoms with van der Waals surface area (Å²) in [6, 6.07) is 33.1. The molecule has 0 unspecified atom stereocenters. The van der Waals surface area contributed by atoms with Crippen molar-refractivity contribution in [2.75, 3.05) is 25.6 Å². The van der Waals surface area contributed by atoms with Gasteiger partial charge < -0.3 is 19.1 Å². The maximum Gasteiger partial charge on any atom is 0.343 e. The lowest BCUT2D eigenvalue weighted by atomic mass is 10.0. The summed E-state index contributed by atoms with van der Waals surface area (Å²) in [4.78, 5) is 28.3. The normalized spacial score (nSPS) is 10.8. The first-order valence-electron chi connectivity index (χ1n) is 17.0. The first-order chi connectivity index (χ1) is 23.9. The number of esters is 2. The zero-order valence-electron chi connectivity index (χ0n) is 28.6. The average molecular weight is 658 g/mol. The number of ether oxygens (including phenoxy) is 3. The van der Waals surface area contributed by atoms with Crippen molar-refractivity contribution in [2.24, 2.45) is 0 Å². The Morgan fingerprint density at radius 2 is 1.27 bits per heavy atom. The molecule has 7 nitrogen and oxygen atoms in total. The van der Waals surface area contributed by atoms with Gasteiger partial charge in [0.1, 0.15) is 17.2 Å². The summed E-state index contributed by atoms with van der Waals surface area (Å²) in [7, 11) is 4.02. The molecule has 0 N–H and O–H groups in total. The highest BCUT2D eigenvalue weighted by atomic mass is 16.5. The van der Waals surface area contributed by atoms with E-state index in [1.807, 2.05) is 69.0 Å². The van der Waals surface area contributed by atoms with Crippen LogP contribution in [0.1, 0.15) is 71.7 Å². The minimum Gasteiger partial charge on any atom is -0.494 e. The van der Waals surface area contributed by atoms with Crippen LogP contribution in [0.4, 0.5) is 5.69 Å². The van der Waals surface area contributed by atoms with Crippen molar-refractivity contribution < 1.29 is 28.4 Å². The molecule has 4 aromatic carbocycles. The molecule has 0 bridgehead atoms. The molecule has 49 heavy (non-hydrogen) atoms. The fraction of sp³-hybridized carbons (Fsp3) is 0.262. The molecule has 1 heterocycles. The maximum atomic E-state index is 13.3. The van der Waals surface area contributed by atoms with Gasteiger partial charge in [0.2, 0.25) is 0 Å². The van der Waals surface area contributed by atoms with Gasteiger partial charge in [0, 0.05) is 43.0 Å². The fourth-order valence-electron chi connectivity index (χ4n) is 5.40. The highest BCUT2D eigenvalue weighted by molar-refractivity contribution is 5.93. The second-order valence-corrected chi connectivity index (χ2v) is 12.3. The number of carbonyl (C=O) groups is 2. The minimum atomic E-state index is -0.488. The maximum absolute atomic E-state index is 13.3. The van der Waals surface area contributed by atoms with Gasteiger partial charge >= 0.3 is 11.9 Å². The summed E-state index contributed by atoms with van der Waals surface area (Å²) in [5.41, 5.74) is 4.49. The number of carbonyl (C=O) groups excluding carboxylic acids is 2. The summed E-state index contributed by atoms with van der Waals surface area (Å²) in [6.45, 7) is 3.55. The van der Waals surface area contributed by atoms with Gasteiger partial charge in [0.05, 0.1) is 17.7 Å². The fourth-order valence-corrected chi connectivity index (χ4v) is 5.40. The molecule has 0 saturated heterocycles. The van der Waals surface area contributed by atoms with Crippen molar-refractivity contribution in [3.05, 3.63) is 138 Å². The number of rotatable bonds is 16. The van der Waals surface area contributed by atoms with E-state index in [2.05, 4.69) is 28.5 Å². The van der Waals surface area contributed by atoms with Crippen molar-refractivity contribution in [3.63, 3.8) is 0 Å². The molecular formula is C42H45N2O5+. The highest BCUT2D eigenvalue weighted by Crippen LogP contribution is 2.34. The van der Waals surface area contributed by atoms with Crippen LogP contribution in [-0.4, -0.2) is 32.6 Å². The third-order valence-electron chi connectivity index (χ3n) is 8.25. The number of anilines is 1. The predicted octanol–water partition coefficient (Wildman–Crippen LogP) is 8.93. The number of hydrogen-bond donors (Lipinski definition) is 0. The quantitative estimate of drug-likeness (QED) is 0.0457. The molecule has 5 aromatic rings. The van der Waals surface area contributed by atoms with E-state index in [1.54, 1.807) is 54.6 Å². The molecule has 1 aromatic heterocycles. The second-order valence-electron chi connectivity index (χ2n) is 12.3. The van der Waals surface area contributed by atoms with Crippen LogP contribution in [0.15, 0.2) is 122 Å². The van der Waals surface area contributed by atoms with E-state index in [9.17, 15) is 9.59 Å². The summed E-state index contributed by atoms with van der Waals surface area (Å²) >= 11 is 0. The van der Waals surface area contributed by atoms with Gasteiger partial charge in [-0.25, -0.2) is 14.2 Å². The highest BCUT2D eigenvalue weighted by Gasteiger charge is 2.17. The lowest BCUT2D eigenvalue weighted by molar-refractivity contribution is -0.688. The molecule has 0 atom stereocenters. The zero-order valence-corrected chi connectivity index (χ0v) is 28.6. The van der Waals surface area contributed by atoms with Crippen LogP contribution in [-0.2, 0) is 6.54 Å². The Bertz CT molecular complexity index is 1780. The van der Waals surface area contributed by atoms with E-state index in [0.717, 1.165) is 35.4 Å². The summed E-state index contributed by atoms with van der Waals surface area (Å²) in [5.74, 6) is 0.468. The van der Waals surface area contributed by atoms with Crippen LogP contribution in [0.2, 0.25) is 0 Å². The van der Waals surface area contributed by atoms with E-state index in [1.165, 1.54) is 25.7 Å². The van der Waals surface area contributed by atoms with Gasteiger partial charge in [-0.15, -0.1) is 0 Å². The monoisotopic (exact) mass is 657 g/mol. The van der Waals surface area contributed by atoms with Gasteiger partial charge in [-0.2, -0.15) is 0 Å². The molecule has 0 radical (unpaired) electrons. The third kappa shape index (κ3) is 10.3. The van der Waals surface area contributed by atoms with Crippen LogP contribution in [0.3, 0.4) is 0 Å². The largest absolute Gasteiger partial charge is 0.494 e. The predicted molar refractivity (Wildman–Crippen MR) is 194 cm³/mol. The molecule has 0 spiro atoms. The first kappa shape index (κ1) is 34.9. The van der Waals surface area contributed by atoms with E-state index >= 15 is 0 Å².